The van der Waals surface area contributed by atoms with E-state index in [2.05, 4.69) is 10.6 Å². The van der Waals surface area contributed by atoms with Gasteiger partial charge in [0.1, 0.15) is 0 Å². The van der Waals surface area contributed by atoms with Crippen molar-refractivity contribution >= 4 is 28.8 Å². The van der Waals surface area contributed by atoms with Gasteiger partial charge in [0.15, 0.2) is 0 Å². The van der Waals surface area contributed by atoms with Gasteiger partial charge in [-0.15, -0.1) is 11.3 Å². The molecule has 0 aliphatic heterocycles. The highest BCUT2D eigenvalue weighted by Crippen LogP contribution is 2.20. The topological polar surface area (TPSA) is 41.1 Å². The maximum atomic E-state index is 10.8. The molecule has 1 amide bonds. The fourth-order valence-electron chi connectivity index (χ4n) is 0.834. The number of thiophene rings is 1. The smallest absolute Gasteiger partial charge is 0.233 e. The highest BCUT2D eigenvalue weighted by molar-refractivity contribution is 7.16. The molecule has 1 aromatic heterocycles. The summed E-state index contributed by atoms with van der Waals surface area (Å²) in [7, 11) is 1.62. The van der Waals surface area contributed by atoms with Crippen molar-refractivity contribution in [2.24, 2.45) is 0 Å². The number of carbonyl (C=O) groups is 1. The molecule has 5 heteroatoms. The molecule has 3 nitrogen and oxygen atoms in total. The molecule has 1 aromatic rings. The Bertz CT molecular complexity index is 287. The van der Waals surface area contributed by atoms with Crippen molar-refractivity contribution in [1.82, 2.24) is 10.6 Å². The number of likely N-dealkylation sites (N-methyl/N-ethyl adjacent to an activating group) is 1. The first-order valence-electron chi connectivity index (χ1n) is 3.88. The van der Waals surface area contributed by atoms with Crippen LogP contribution in [0.1, 0.15) is 4.88 Å². The van der Waals surface area contributed by atoms with Gasteiger partial charge in [-0.1, -0.05) is 11.6 Å². The van der Waals surface area contributed by atoms with Crippen LogP contribution in [0.5, 0.6) is 0 Å². The first-order chi connectivity index (χ1) is 6.22. The van der Waals surface area contributed by atoms with Crippen LogP contribution in [-0.2, 0) is 11.3 Å². The van der Waals surface area contributed by atoms with Crippen LogP contribution in [-0.4, -0.2) is 19.5 Å². The molecule has 1 rings (SSSR count). The number of hydrogen-bond acceptors (Lipinski definition) is 3. The molecule has 0 saturated heterocycles. The summed E-state index contributed by atoms with van der Waals surface area (Å²) in [5.41, 5.74) is 0. The number of rotatable bonds is 4. The Morgan fingerprint density at radius 3 is 2.92 bits per heavy atom. The molecule has 2 N–H and O–H groups in total. The molecule has 0 fully saturated rings. The van der Waals surface area contributed by atoms with E-state index in [4.69, 9.17) is 11.6 Å². The normalized spacial score (nSPS) is 10.0. The lowest BCUT2D eigenvalue weighted by atomic mass is 10.4. The van der Waals surface area contributed by atoms with E-state index in [9.17, 15) is 4.79 Å². The maximum absolute atomic E-state index is 10.8. The van der Waals surface area contributed by atoms with Gasteiger partial charge in [-0.25, -0.2) is 0 Å². The maximum Gasteiger partial charge on any atom is 0.233 e. The van der Waals surface area contributed by atoms with Crippen LogP contribution in [0, 0.1) is 0 Å². The van der Waals surface area contributed by atoms with Crippen LogP contribution in [0.15, 0.2) is 12.1 Å². The van der Waals surface area contributed by atoms with Crippen molar-refractivity contribution in [2.75, 3.05) is 13.6 Å². The zero-order valence-electron chi connectivity index (χ0n) is 7.26. The largest absolute Gasteiger partial charge is 0.358 e. The summed E-state index contributed by atoms with van der Waals surface area (Å²) in [6.45, 7) is 1.02. The van der Waals surface area contributed by atoms with Crippen LogP contribution < -0.4 is 10.6 Å². The predicted octanol–water partition coefficient (Wildman–Crippen LogP) is 1.24. The Morgan fingerprint density at radius 1 is 1.62 bits per heavy atom. The average molecular weight is 219 g/mol. The van der Waals surface area contributed by atoms with Gasteiger partial charge >= 0.3 is 0 Å². The number of carbonyl (C=O) groups excluding carboxylic acids is 1. The third-order valence-electron chi connectivity index (χ3n) is 1.49. The van der Waals surface area contributed by atoms with Crippen molar-refractivity contribution in [3.05, 3.63) is 21.3 Å². The van der Waals surface area contributed by atoms with Crippen molar-refractivity contribution in [3.8, 4) is 0 Å². The molecule has 72 valence electrons. The minimum atomic E-state index is -0.0114. The first kappa shape index (κ1) is 10.5. The van der Waals surface area contributed by atoms with E-state index in [0.29, 0.717) is 13.1 Å². The number of hydrogen-bond donors (Lipinski definition) is 2. The van der Waals surface area contributed by atoms with Gasteiger partial charge in [-0.3, -0.25) is 4.79 Å². The molecule has 1 heterocycles. The molecule has 0 radical (unpaired) electrons. The number of nitrogens with one attached hydrogen (secondary N) is 2. The van der Waals surface area contributed by atoms with Crippen LogP contribution in [0.3, 0.4) is 0 Å². The van der Waals surface area contributed by atoms with Crippen molar-refractivity contribution < 1.29 is 4.79 Å². The van der Waals surface area contributed by atoms with E-state index < -0.39 is 0 Å². The van der Waals surface area contributed by atoms with E-state index in [1.807, 2.05) is 12.1 Å². The van der Waals surface area contributed by atoms with E-state index >= 15 is 0 Å². The van der Waals surface area contributed by atoms with E-state index in [1.165, 1.54) is 11.3 Å². The molecule has 13 heavy (non-hydrogen) atoms. The lowest BCUT2D eigenvalue weighted by Gasteiger charge is -2.00. The summed E-state index contributed by atoms with van der Waals surface area (Å²) >= 11 is 7.26. The fourth-order valence-corrected chi connectivity index (χ4v) is 1.89. The quantitative estimate of drug-likeness (QED) is 0.799. The van der Waals surface area contributed by atoms with Gasteiger partial charge in [-0.05, 0) is 12.1 Å². The average Bonchev–Trinajstić information content (AvgIpc) is 2.51. The summed E-state index contributed by atoms with van der Waals surface area (Å²) in [6, 6.07) is 3.80. The molecule has 0 atom stereocenters. The molecule has 0 saturated carbocycles. The molecule has 0 aliphatic carbocycles. The van der Waals surface area contributed by atoms with E-state index in [0.717, 1.165) is 9.21 Å². The van der Waals surface area contributed by atoms with Gasteiger partial charge < -0.3 is 10.6 Å². The van der Waals surface area contributed by atoms with Crippen molar-refractivity contribution in [2.45, 2.75) is 6.54 Å². The fraction of sp³-hybridized carbons (Fsp3) is 0.375. The Morgan fingerprint density at radius 2 is 2.38 bits per heavy atom. The van der Waals surface area contributed by atoms with Gasteiger partial charge in [0.2, 0.25) is 5.91 Å². The third kappa shape index (κ3) is 3.76. The summed E-state index contributed by atoms with van der Waals surface area (Å²) < 4.78 is 0.775. The van der Waals surface area contributed by atoms with E-state index in [-0.39, 0.29) is 5.91 Å². The standard InChI is InChI=1S/C8H11ClN2OS/c1-10-8(12)5-11-4-6-2-3-7(9)13-6/h2-3,11H,4-5H2,1H3,(H,10,12). The summed E-state index contributed by atoms with van der Waals surface area (Å²) in [5, 5.41) is 5.54. The first-order valence-corrected chi connectivity index (χ1v) is 5.07. The van der Waals surface area contributed by atoms with Crippen LogP contribution in [0.2, 0.25) is 4.34 Å². The van der Waals surface area contributed by atoms with Crippen LogP contribution in [0.4, 0.5) is 0 Å². The Hall–Kier alpha value is -0.580. The minimum absolute atomic E-state index is 0.0114. The summed E-state index contributed by atoms with van der Waals surface area (Å²) in [6.07, 6.45) is 0. The molecule has 0 bridgehead atoms. The SMILES string of the molecule is CNC(=O)CNCc1ccc(Cl)s1. The molecular weight excluding hydrogens is 208 g/mol. The Kier molecular flexibility index (Phi) is 4.21. The van der Waals surface area contributed by atoms with Crippen LogP contribution >= 0.6 is 22.9 Å². The zero-order chi connectivity index (χ0) is 9.68. The zero-order valence-corrected chi connectivity index (χ0v) is 8.84. The molecule has 0 spiro atoms. The molecule has 0 aliphatic rings. The lowest BCUT2D eigenvalue weighted by Crippen LogP contribution is -2.30. The second-order valence-corrected chi connectivity index (χ2v) is 4.28. The Labute approximate surface area is 86.1 Å². The second-order valence-electron chi connectivity index (χ2n) is 2.48. The van der Waals surface area contributed by atoms with Crippen molar-refractivity contribution in [3.63, 3.8) is 0 Å². The number of halogens is 1. The van der Waals surface area contributed by atoms with Gasteiger partial charge in [0.25, 0.3) is 0 Å². The third-order valence-corrected chi connectivity index (χ3v) is 2.72. The van der Waals surface area contributed by atoms with Crippen LogP contribution in [0.25, 0.3) is 0 Å². The summed E-state index contributed by atoms with van der Waals surface area (Å²) in [5.74, 6) is -0.0114. The highest BCUT2D eigenvalue weighted by Gasteiger charge is 1.99. The molecular formula is C8H11ClN2OS. The lowest BCUT2D eigenvalue weighted by molar-refractivity contribution is -0.119. The predicted molar refractivity (Wildman–Crippen MR) is 55.1 cm³/mol. The second kappa shape index (κ2) is 5.21. The molecule has 0 unspecified atom stereocenters. The number of amides is 1. The van der Waals surface area contributed by atoms with Gasteiger partial charge in [0.05, 0.1) is 10.9 Å². The summed E-state index contributed by atoms with van der Waals surface area (Å²) in [4.78, 5) is 11.9. The van der Waals surface area contributed by atoms with Gasteiger partial charge in [0, 0.05) is 18.5 Å². The van der Waals surface area contributed by atoms with E-state index in [1.54, 1.807) is 7.05 Å². The van der Waals surface area contributed by atoms with Crippen molar-refractivity contribution in [1.29, 1.82) is 0 Å². The Balaban J connectivity index is 2.24. The minimum Gasteiger partial charge on any atom is -0.358 e. The molecule has 0 aromatic carbocycles. The highest BCUT2D eigenvalue weighted by atomic mass is 35.5. The monoisotopic (exact) mass is 218 g/mol. The van der Waals surface area contributed by atoms with Gasteiger partial charge in [-0.2, -0.15) is 0 Å².